The summed E-state index contributed by atoms with van der Waals surface area (Å²) in [5, 5.41) is 11.9. The third-order valence-corrected chi connectivity index (χ3v) is 2.85. The number of halogens is 3. The van der Waals surface area contributed by atoms with Gasteiger partial charge in [0.2, 0.25) is 5.96 Å². The molecule has 2 rings (SSSR count). The fourth-order valence-electron chi connectivity index (χ4n) is 1.94. The molecule has 1 aromatic rings. The molecule has 1 atom stereocenters. The summed E-state index contributed by atoms with van der Waals surface area (Å²) in [5.41, 5.74) is -0.677. The molecule has 1 unspecified atom stereocenters. The number of anilines is 1. The third-order valence-electron chi connectivity index (χ3n) is 2.85. The van der Waals surface area contributed by atoms with Crippen LogP contribution in [0.5, 0.6) is 0 Å². The number of carbonyl (C=O) groups is 1. The van der Waals surface area contributed by atoms with Gasteiger partial charge in [0.05, 0.1) is 18.7 Å². The fraction of sp³-hybridized carbons (Fsp3) is 0.385. The van der Waals surface area contributed by atoms with Crippen LogP contribution in [0.2, 0.25) is 0 Å². The van der Waals surface area contributed by atoms with Crippen LogP contribution in [-0.2, 0) is 10.9 Å². The number of β-amino-alcohol motifs (C(OH)–C–C–N with tert-alkyl or cyclic N) is 1. The summed E-state index contributed by atoms with van der Waals surface area (Å²) in [6.07, 6.45) is -6.43. The first-order chi connectivity index (χ1) is 10.3. The Morgan fingerprint density at radius 1 is 1.55 bits per heavy atom. The number of rotatable bonds is 2. The number of aliphatic imine (C=N–C) groups is 1. The van der Waals surface area contributed by atoms with Gasteiger partial charge in [-0.25, -0.2) is 9.79 Å². The monoisotopic (exact) mass is 317 g/mol. The Kier molecular flexibility index (Phi) is 4.55. The van der Waals surface area contributed by atoms with E-state index in [9.17, 15) is 23.1 Å². The maximum absolute atomic E-state index is 12.8. The van der Waals surface area contributed by atoms with Gasteiger partial charge >= 0.3 is 12.3 Å². The summed E-state index contributed by atoms with van der Waals surface area (Å²) in [6, 6.07) is 4.52. The summed E-state index contributed by atoms with van der Waals surface area (Å²) in [6.45, 7) is 1.67. The summed E-state index contributed by atoms with van der Waals surface area (Å²) in [4.78, 5) is 16.4. The van der Waals surface area contributed by atoms with Crippen molar-refractivity contribution in [3.63, 3.8) is 0 Å². The average Bonchev–Trinajstić information content (AvgIpc) is 2.79. The van der Waals surface area contributed by atoms with Gasteiger partial charge in [0.25, 0.3) is 0 Å². The number of nitrogens with one attached hydrogen (secondary N) is 1. The Bertz CT molecular complexity index is 589. The molecule has 0 aromatic heterocycles. The first-order valence-electron chi connectivity index (χ1n) is 6.45. The van der Waals surface area contributed by atoms with Gasteiger partial charge in [-0.15, -0.1) is 0 Å². The highest BCUT2D eigenvalue weighted by Crippen LogP contribution is 2.32. The number of aliphatic hydroxyl groups excluding tert-OH is 1. The van der Waals surface area contributed by atoms with Crippen LogP contribution < -0.4 is 10.2 Å². The number of amides is 1. The quantitative estimate of drug-likeness (QED) is 0.874. The summed E-state index contributed by atoms with van der Waals surface area (Å²) < 4.78 is 42.9. The first-order valence-corrected chi connectivity index (χ1v) is 6.45. The normalized spacial score (nSPS) is 18.1. The zero-order valence-electron chi connectivity index (χ0n) is 11.6. The molecule has 1 aromatic carbocycles. The standard InChI is InChI=1S/C13H14F3N3O3/c1-2-22-12(21)18-11-17-10(20)7-19(11)9-5-3-4-8(6-9)13(14,15)16/h3-6,10,20H,2,7H2,1H3,(H,17,18,21). The van der Waals surface area contributed by atoms with E-state index in [0.717, 1.165) is 12.1 Å². The lowest BCUT2D eigenvalue weighted by Crippen LogP contribution is -2.42. The van der Waals surface area contributed by atoms with Crippen LogP contribution in [0.4, 0.5) is 23.7 Å². The van der Waals surface area contributed by atoms with Crippen LogP contribution in [0.15, 0.2) is 29.3 Å². The molecule has 0 saturated heterocycles. The molecule has 0 radical (unpaired) electrons. The number of alkyl carbamates (subject to hydrolysis) is 1. The van der Waals surface area contributed by atoms with Gasteiger partial charge < -0.3 is 14.7 Å². The Hall–Kier alpha value is -2.29. The Balaban J connectivity index is 2.24. The second-order valence-electron chi connectivity index (χ2n) is 4.44. The Morgan fingerprint density at radius 2 is 2.27 bits per heavy atom. The van der Waals surface area contributed by atoms with Crippen LogP contribution >= 0.6 is 0 Å². The van der Waals surface area contributed by atoms with Crippen molar-refractivity contribution < 1.29 is 27.8 Å². The van der Waals surface area contributed by atoms with Crippen LogP contribution in [0.3, 0.4) is 0 Å². The van der Waals surface area contributed by atoms with E-state index >= 15 is 0 Å². The zero-order chi connectivity index (χ0) is 16.3. The van der Waals surface area contributed by atoms with Crippen molar-refractivity contribution in [1.29, 1.82) is 0 Å². The summed E-state index contributed by atoms with van der Waals surface area (Å²) in [5.74, 6) is -0.0646. The molecule has 0 aliphatic carbocycles. The van der Waals surface area contributed by atoms with Crippen molar-refractivity contribution in [3.05, 3.63) is 29.8 Å². The lowest BCUT2D eigenvalue weighted by atomic mass is 10.2. The van der Waals surface area contributed by atoms with Crippen molar-refractivity contribution in [3.8, 4) is 0 Å². The average molecular weight is 317 g/mol. The molecular weight excluding hydrogens is 303 g/mol. The first kappa shape index (κ1) is 16.1. The van der Waals surface area contributed by atoms with Gasteiger partial charge in [0.1, 0.15) is 0 Å². The molecule has 1 heterocycles. The minimum absolute atomic E-state index is 0.0646. The number of ether oxygens (including phenoxy) is 1. The van der Waals surface area contributed by atoms with Crippen LogP contribution in [0.25, 0.3) is 0 Å². The van der Waals surface area contributed by atoms with Crippen molar-refractivity contribution in [1.82, 2.24) is 5.32 Å². The molecule has 22 heavy (non-hydrogen) atoms. The maximum atomic E-state index is 12.8. The van der Waals surface area contributed by atoms with E-state index in [0.29, 0.717) is 0 Å². The molecule has 1 aliphatic heterocycles. The van der Waals surface area contributed by atoms with E-state index in [2.05, 4.69) is 15.0 Å². The van der Waals surface area contributed by atoms with Crippen molar-refractivity contribution >= 4 is 17.7 Å². The van der Waals surface area contributed by atoms with E-state index in [1.54, 1.807) is 6.92 Å². The van der Waals surface area contributed by atoms with Crippen molar-refractivity contribution in [2.45, 2.75) is 19.3 Å². The third kappa shape index (κ3) is 3.67. The highest BCUT2D eigenvalue weighted by molar-refractivity contribution is 6.05. The Labute approximate surface area is 124 Å². The molecular formula is C13H14F3N3O3. The van der Waals surface area contributed by atoms with Crippen LogP contribution in [-0.4, -0.2) is 36.5 Å². The number of benzene rings is 1. The molecule has 0 spiro atoms. The summed E-state index contributed by atoms with van der Waals surface area (Å²) in [7, 11) is 0. The number of alkyl halides is 3. The van der Waals surface area contributed by atoms with Gasteiger partial charge in [0, 0.05) is 5.69 Å². The second-order valence-corrected chi connectivity index (χ2v) is 4.44. The zero-order valence-corrected chi connectivity index (χ0v) is 11.6. The van der Waals surface area contributed by atoms with E-state index in [1.165, 1.54) is 17.0 Å². The SMILES string of the molecule is CCOC(=O)NC1=NC(O)CN1c1cccc(C(F)(F)F)c1. The number of nitrogens with zero attached hydrogens (tertiary/aromatic N) is 2. The second kappa shape index (κ2) is 6.22. The smallest absolute Gasteiger partial charge is 0.416 e. The van der Waals surface area contributed by atoms with E-state index in [-0.39, 0.29) is 24.8 Å². The molecule has 9 heteroatoms. The largest absolute Gasteiger partial charge is 0.450 e. The van der Waals surface area contributed by atoms with Gasteiger partial charge in [0.15, 0.2) is 6.23 Å². The van der Waals surface area contributed by atoms with Gasteiger partial charge in [-0.3, -0.25) is 5.32 Å². The predicted molar refractivity (Wildman–Crippen MR) is 72.4 cm³/mol. The topological polar surface area (TPSA) is 74.2 Å². The molecule has 1 aliphatic rings. The van der Waals surface area contributed by atoms with Gasteiger partial charge in [-0.1, -0.05) is 6.07 Å². The fourth-order valence-corrected chi connectivity index (χ4v) is 1.94. The number of hydrogen-bond acceptors (Lipinski definition) is 5. The number of aliphatic hydroxyl groups is 1. The molecule has 1 amide bonds. The minimum atomic E-state index is -4.49. The summed E-state index contributed by atoms with van der Waals surface area (Å²) >= 11 is 0. The van der Waals surface area contributed by atoms with Gasteiger partial charge in [-0.2, -0.15) is 13.2 Å². The van der Waals surface area contributed by atoms with E-state index < -0.39 is 24.1 Å². The lowest BCUT2D eigenvalue weighted by Gasteiger charge is -2.21. The highest BCUT2D eigenvalue weighted by Gasteiger charge is 2.32. The molecule has 0 fully saturated rings. The highest BCUT2D eigenvalue weighted by atomic mass is 19.4. The van der Waals surface area contributed by atoms with Crippen LogP contribution in [0, 0.1) is 0 Å². The lowest BCUT2D eigenvalue weighted by molar-refractivity contribution is -0.137. The number of carbonyl (C=O) groups excluding carboxylic acids is 1. The molecule has 0 saturated carbocycles. The molecule has 6 nitrogen and oxygen atoms in total. The maximum Gasteiger partial charge on any atom is 0.416 e. The van der Waals surface area contributed by atoms with Gasteiger partial charge in [-0.05, 0) is 25.1 Å². The van der Waals surface area contributed by atoms with E-state index in [4.69, 9.17) is 0 Å². The Morgan fingerprint density at radius 3 is 2.91 bits per heavy atom. The predicted octanol–water partition coefficient (Wildman–Crippen LogP) is 1.95. The number of guanidine groups is 1. The van der Waals surface area contributed by atoms with Crippen molar-refractivity contribution in [2.75, 3.05) is 18.1 Å². The van der Waals surface area contributed by atoms with Crippen LogP contribution in [0.1, 0.15) is 12.5 Å². The molecule has 2 N–H and O–H groups in total. The number of hydrogen-bond donors (Lipinski definition) is 2. The van der Waals surface area contributed by atoms with Crippen molar-refractivity contribution in [2.24, 2.45) is 4.99 Å². The van der Waals surface area contributed by atoms with E-state index in [1.807, 2.05) is 0 Å². The molecule has 0 bridgehead atoms. The molecule has 120 valence electrons. The minimum Gasteiger partial charge on any atom is -0.450 e.